The molecule has 0 bridgehead atoms. The summed E-state index contributed by atoms with van der Waals surface area (Å²) >= 11 is 0. The van der Waals surface area contributed by atoms with E-state index < -0.39 is 5.60 Å². The third-order valence-corrected chi connectivity index (χ3v) is 4.89. The van der Waals surface area contributed by atoms with Crippen molar-refractivity contribution in [3.63, 3.8) is 0 Å². The van der Waals surface area contributed by atoms with Crippen molar-refractivity contribution in [2.24, 2.45) is 4.99 Å². The van der Waals surface area contributed by atoms with Gasteiger partial charge in [-0.1, -0.05) is 19.0 Å². The Kier molecular flexibility index (Phi) is 7.58. The van der Waals surface area contributed by atoms with Crippen molar-refractivity contribution in [1.29, 1.82) is 0 Å². The molecule has 2 aliphatic heterocycles. The number of ether oxygens (including phenoxy) is 1. The lowest BCUT2D eigenvalue weighted by molar-refractivity contribution is 0.0137. The number of hydrogen-bond acceptors (Lipinski definition) is 7. The molecular weight excluding hydrogens is 473 g/mol. The zero-order valence-corrected chi connectivity index (χ0v) is 19.8. The minimum Gasteiger partial charge on any atom is -0.444 e. The Morgan fingerprint density at radius 3 is 2.68 bits per heavy atom. The van der Waals surface area contributed by atoms with E-state index in [9.17, 15) is 4.79 Å². The molecule has 3 rings (SSSR count). The maximum absolute atomic E-state index is 12.3. The van der Waals surface area contributed by atoms with Crippen LogP contribution in [0.4, 0.5) is 4.79 Å². The molecule has 158 valence electrons. The molecule has 3 heterocycles. The molecule has 1 unspecified atom stereocenters. The van der Waals surface area contributed by atoms with Crippen LogP contribution in [0.25, 0.3) is 0 Å². The highest BCUT2D eigenvalue weighted by atomic mass is 127. The summed E-state index contributed by atoms with van der Waals surface area (Å²) in [4.78, 5) is 21.0. The SMILES string of the molecule is CCc1noc(CC)c1CNC1=NCC2CN(C(=O)OC(C)(C)C)CCN12.I. The first-order valence-electron chi connectivity index (χ1n) is 9.81. The van der Waals surface area contributed by atoms with Crippen molar-refractivity contribution >= 4 is 36.0 Å². The van der Waals surface area contributed by atoms with Gasteiger partial charge in [-0.25, -0.2) is 4.79 Å². The van der Waals surface area contributed by atoms with Crippen LogP contribution in [0, 0.1) is 0 Å². The van der Waals surface area contributed by atoms with E-state index in [1.165, 1.54) is 0 Å². The van der Waals surface area contributed by atoms with Gasteiger partial charge in [-0.3, -0.25) is 4.99 Å². The fourth-order valence-electron chi connectivity index (χ4n) is 3.53. The first-order valence-corrected chi connectivity index (χ1v) is 9.81. The van der Waals surface area contributed by atoms with Gasteiger partial charge in [0.15, 0.2) is 5.96 Å². The molecule has 0 aromatic carbocycles. The van der Waals surface area contributed by atoms with Crippen LogP contribution >= 0.6 is 24.0 Å². The van der Waals surface area contributed by atoms with Crippen LogP contribution in [0.3, 0.4) is 0 Å². The van der Waals surface area contributed by atoms with Gasteiger partial charge in [-0.2, -0.15) is 0 Å². The number of amides is 1. The number of hydrogen-bond donors (Lipinski definition) is 1. The molecule has 0 saturated carbocycles. The molecule has 1 saturated heterocycles. The van der Waals surface area contributed by atoms with Crippen LogP contribution < -0.4 is 5.32 Å². The highest BCUT2D eigenvalue weighted by molar-refractivity contribution is 14.0. The summed E-state index contributed by atoms with van der Waals surface area (Å²) in [6, 6.07) is 0.201. The van der Waals surface area contributed by atoms with Crippen molar-refractivity contribution < 1.29 is 14.1 Å². The molecular formula is C19H32IN5O3. The number of guanidine groups is 1. The fraction of sp³-hybridized carbons (Fsp3) is 0.737. The fourth-order valence-corrected chi connectivity index (χ4v) is 3.53. The minimum absolute atomic E-state index is 0. The van der Waals surface area contributed by atoms with E-state index in [1.807, 2.05) is 20.8 Å². The summed E-state index contributed by atoms with van der Waals surface area (Å²) in [5.74, 6) is 1.83. The second-order valence-electron chi connectivity index (χ2n) is 8.03. The Bertz CT molecular complexity index is 691. The van der Waals surface area contributed by atoms with Crippen molar-refractivity contribution in [3.8, 4) is 0 Å². The molecule has 0 radical (unpaired) electrons. The number of carbonyl (C=O) groups is 1. The molecule has 0 aliphatic carbocycles. The number of carbonyl (C=O) groups excluding carboxylic acids is 1. The van der Waals surface area contributed by atoms with Gasteiger partial charge in [-0.05, 0) is 27.2 Å². The zero-order chi connectivity index (χ0) is 19.6. The lowest BCUT2D eigenvalue weighted by atomic mass is 10.1. The number of aryl methyl sites for hydroxylation is 2. The molecule has 1 fully saturated rings. The average Bonchev–Trinajstić information content (AvgIpc) is 3.20. The summed E-state index contributed by atoms with van der Waals surface area (Å²) in [5, 5.41) is 7.62. The number of rotatable bonds is 4. The number of fused-ring (bicyclic) bond motifs is 1. The van der Waals surface area contributed by atoms with Gasteiger partial charge in [-0.15, -0.1) is 24.0 Å². The number of aromatic nitrogens is 1. The van der Waals surface area contributed by atoms with Gasteiger partial charge in [0, 0.05) is 38.2 Å². The van der Waals surface area contributed by atoms with Crippen molar-refractivity contribution in [2.75, 3.05) is 26.2 Å². The summed E-state index contributed by atoms with van der Waals surface area (Å²) in [6.45, 7) is 13.2. The lowest BCUT2D eigenvalue weighted by Crippen LogP contribution is -2.57. The summed E-state index contributed by atoms with van der Waals surface area (Å²) in [6.07, 6.45) is 1.44. The second-order valence-corrected chi connectivity index (χ2v) is 8.03. The summed E-state index contributed by atoms with van der Waals surface area (Å²) in [5.41, 5.74) is 1.67. The van der Waals surface area contributed by atoms with E-state index >= 15 is 0 Å². The summed E-state index contributed by atoms with van der Waals surface area (Å²) < 4.78 is 10.9. The van der Waals surface area contributed by atoms with E-state index in [-0.39, 0.29) is 36.1 Å². The number of halogens is 1. The Balaban J connectivity index is 0.00000280. The molecule has 1 aromatic rings. The number of nitrogens with zero attached hydrogens (tertiary/aromatic N) is 4. The lowest BCUT2D eigenvalue weighted by Gasteiger charge is -2.39. The Morgan fingerprint density at radius 1 is 1.29 bits per heavy atom. The Labute approximate surface area is 184 Å². The maximum Gasteiger partial charge on any atom is 0.410 e. The molecule has 1 amide bonds. The largest absolute Gasteiger partial charge is 0.444 e. The van der Waals surface area contributed by atoms with Crippen LogP contribution in [0.2, 0.25) is 0 Å². The molecule has 8 nitrogen and oxygen atoms in total. The number of aliphatic imine (C=N–C) groups is 1. The molecule has 28 heavy (non-hydrogen) atoms. The van der Waals surface area contributed by atoms with E-state index in [0.29, 0.717) is 26.2 Å². The Morgan fingerprint density at radius 2 is 2.04 bits per heavy atom. The van der Waals surface area contributed by atoms with Crippen LogP contribution in [0.15, 0.2) is 9.52 Å². The van der Waals surface area contributed by atoms with Crippen LogP contribution in [0.1, 0.15) is 51.6 Å². The first-order chi connectivity index (χ1) is 12.8. The highest BCUT2D eigenvalue weighted by Gasteiger charge is 2.36. The molecule has 9 heteroatoms. The molecule has 2 aliphatic rings. The Hall–Kier alpha value is -1.52. The van der Waals surface area contributed by atoms with E-state index in [2.05, 4.69) is 34.2 Å². The third-order valence-electron chi connectivity index (χ3n) is 4.89. The van der Waals surface area contributed by atoms with Gasteiger partial charge in [0.25, 0.3) is 0 Å². The molecule has 1 aromatic heterocycles. The van der Waals surface area contributed by atoms with Gasteiger partial charge in [0.05, 0.1) is 18.3 Å². The summed E-state index contributed by atoms with van der Waals surface area (Å²) in [7, 11) is 0. The van der Waals surface area contributed by atoms with E-state index in [0.717, 1.165) is 42.4 Å². The van der Waals surface area contributed by atoms with Gasteiger partial charge < -0.3 is 24.4 Å². The van der Waals surface area contributed by atoms with Crippen LogP contribution in [-0.2, 0) is 24.1 Å². The predicted molar refractivity (Wildman–Crippen MR) is 118 cm³/mol. The van der Waals surface area contributed by atoms with E-state index in [4.69, 9.17) is 9.26 Å². The second kappa shape index (κ2) is 9.32. The highest BCUT2D eigenvalue weighted by Crippen LogP contribution is 2.20. The van der Waals surface area contributed by atoms with Gasteiger partial charge >= 0.3 is 6.09 Å². The number of piperazine rings is 1. The quantitative estimate of drug-likeness (QED) is 0.634. The first kappa shape index (κ1) is 22.8. The molecule has 1 atom stereocenters. The van der Waals surface area contributed by atoms with Gasteiger partial charge in [0.2, 0.25) is 0 Å². The zero-order valence-electron chi connectivity index (χ0n) is 17.4. The molecule has 0 spiro atoms. The van der Waals surface area contributed by atoms with Crippen molar-refractivity contribution in [2.45, 2.75) is 65.6 Å². The van der Waals surface area contributed by atoms with Crippen molar-refractivity contribution in [3.05, 3.63) is 17.0 Å². The normalized spacial score (nSPS) is 19.0. The topological polar surface area (TPSA) is 83.2 Å². The van der Waals surface area contributed by atoms with E-state index in [1.54, 1.807) is 4.90 Å². The molecule has 1 N–H and O–H groups in total. The third kappa shape index (κ3) is 5.09. The predicted octanol–water partition coefficient (Wildman–Crippen LogP) is 2.80. The number of nitrogens with one attached hydrogen (secondary N) is 1. The van der Waals surface area contributed by atoms with Crippen LogP contribution in [0.5, 0.6) is 0 Å². The minimum atomic E-state index is -0.473. The van der Waals surface area contributed by atoms with Gasteiger partial charge in [0.1, 0.15) is 11.4 Å². The standard InChI is InChI=1S/C19H31N5O3.HI/c1-6-15-14(16(7-2)27-22-15)11-21-17-20-10-13-12-23(8-9-24(13)17)18(25)26-19(3,4)5;/h13H,6-12H2,1-5H3,(H,20,21);1H. The van der Waals surface area contributed by atoms with Crippen LogP contribution in [-0.4, -0.2) is 64.8 Å². The average molecular weight is 505 g/mol. The van der Waals surface area contributed by atoms with Crippen molar-refractivity contribution in [1.82, 2.24) is 20.3 Å². The monoisotopic (exact) mass is 505 g/mol. The smallest absolute Gasteiger partial charge is 0.410 e. The maximum atomic E-state index is 12.3.